The predicted molar refractivity (Wildman–Crippen MR) is 135 cm³/mol. The van der Waals surface area contributed by atoms with Gasteiger partial charge in [-0.05, 0) is 12.8 Å². The van der Waals surface area contributed by atoms with Crippen molar-refractivity contribution in [1.82, 2.24) is 12.3 Å². The topological polar surface area (TPSA) is 123 Å². The van der Waals surface area contributed by atoms with E-state index in [-0.39, 0.29) is 25.5 Å². The van der Waals surface area contributed by atoms with Crippen molar-refractivity contribution in [1.29, 1.82) is 0 Å². The molecular formula is C24H56N2O4S. The quantitative estimate of drug-likeness (QED) is 0.137. The molecule has 0 fully saturated rings. The van der Waals surface area contributed by atoms with Crippen LogP contribution in [0.5, 0.6) is 0 Å². The third-order valence-electron chi connectivity index (χ3n) is 5.45. The second-order valence-electron chi connectivity index (χ2n) is 8.42. The lowest BCUT2D eigenvalue weighted by atomic mass is 10.1. The Bertz CT molecular complexity index is 388. The van der Waals surface area contributed by atoms with Crippen LogP contribution >= 0.6 is 0 Å². The van der Waals surface area contributed by atoms with Crippen LogP contribution in [0.3, 0.4) is 0 Å². The summed E-state index contributed by atoms with van der Waals surface area (Å²) < 4.78 is 33.3. The van der Waals surface area contributed by atoms with Crippen LogP contribution in [0.2, 0.25) is 0 Å². The Morgan fingerprint density at radius 1 is 0.419 bits per heavy atom. The van der Waals surface area contributed by atoms with E-state index in [9.17, 15) is 8.42 Å². The summed E-state index contributed by atoms with van der Waals surface area (Å²) in [6.45, 7) is 4.98. The fourth-order valence-electron chi connectivity index (χ4n) is 3.53. The first-order chi connectivity index (χ1) is 14.1. The molecule has 6 nitrogen and oxygen atoms in total. The van der Waals surface area contributed by atoms with Crippen LogP contribution in [-0.4, -0.2) is 21.6 Å². The molecule has 0 rings (SSSR count). The molecule has 0 aliphatic rings. The molecule has 0 bridgehead atoms. The summed E-state index contributed by atoms with van der Waals surface area (Å²) in [4.78, 5) is 0. The maximum absolute atomic E-state index is 11.7. The van der Waals surface area contributed by atoms with Crippen LogP contribution in [0.4, 0.5) is 0 Å². The lowest BCUT2D eigenvalue weighted by Crippen LogP contribution is -2.12. The van der Waals surface area contributed by atoms with Crippen LogP contribution in [0.15, 0.2) is 0 Å². The second-order valence-corrected chi connectivity index (χ2v) is 9.70. The molecule has 0 heterocycles. The average Bonchev–Trinajstić information content (AvgIpc) is 2.70. The van der Waals surface area contributed by atoms with Gasteiger partial charge in [0.15, 0.2) is 0 Å². The average molecular weight is 469 g/mol. The minimum atomic E-state index is -3.80. The first-order valence-corrected chi connectivity index (χ1v) is 14.0. The molecule has 0 atom stereocenters. The van der Waals surface area contributed by atoms with Crippen molar-refractivity contribution in [2.75, 3.05) is 13.2 Å². The largest absolute Gasteiger partial charge is 0.399 e. The van der Waals surface area contributed by atoms with Crippen LogP contribution in [-0.2, 0) is 18.8 Å². The highest BCUT2D eigenvalue weighted by Gasteiger charge is 2.11. The number of rotatable bonds is 24. The zero-order chi connectivity index (χ0) is 21.5. The molecule has 0 aromatic heterocycles. The molecule has 0 aromatic carbocycles. The molecule has 0 amide bonds. The third-order valence-corrected chi connectivity index (χ3v) is 6.36. The summed E-state index contributed by atoms with van der Waals surface area (Å²) in [6.07, 6.45) is 24.4. The Morgan fingerprint density at radius 2 is 0.645 bits per heavy atom. The van der Waals surface area contributed by atoms with Crippen molar-refractivity contribution < 1.29 is 16.8 Å². The van der Waals surface area contributed by atoms with Crippen LogP contribution in [0, 0.1) is 0 Å². The van der Waals surface area contributed by atoms with E-state index in [1.807, 2.05) is 0 Å². The zero-order valence-corrected chi connectivity index (χ0v) is 21.8. The van der Waals surface area contributed by atoms with Crippen LogP contribution in [0.1, 0.15) is 142 Å². The van der Waals surface area contributed by atoms with Gasteiger partial charge < -0.3 is 12.3 Å². The molecule has 0 spiro atoms. The van der Waals surface area contributed by atoms with Gasteiger partial charge in [0.1, 0.15) is 0 Å². The summed E-state index contributed by atoms with van der Waals surface area (Å²) >= 11 is 0. The van der Waals surface area contributed by atoms with E-state index in [0.29, 0.717) is 0 Å². The van der Waals surface area contributed by atoms with E-state index in [2.05, 4.69) is 13.8 Å². The minimum Gasteiger partial charge on any atom is -0.344 e. The highest BCUT2D eigenvalue weighted by Crippen LogP contribution is 2.12. The lowest BCUT2D eigenvalue weighted by Gasteiger charge is -2.06. The Morgan fingerprint density at radius 3 is 0.903 bits per heavy atom. The first kappa shape index (κ1) is 35.4. The van der Waals surface area contributed by atoms with Gasteiger partial charge in [0, 0.05) is 0 Å². The predicted octanol–water partition coefficient (Wildman–Crippen LogP) is 8.43. The van der Waals surface area contributed by atoms with Crippen molar-refractivity contribution in [3.8, 4) is 0 Å². The molecule has 0 unspecified atom stereocenters. The van der Waals surface area contributed by atoms with E-state index in [0.717, 1.165) is 38.5 Å². The van der Waals surface area contributed by atoms with Gasteiger partial charge in [0.2, 0.25) is 0 Å². The zero-order valence-electron chi connectivity index (χ0n) is 21.0. The maximum Gasteiger partial charge on any atom is 0.399 e. The molecular weight excluding hydrogens is 412 g/mol. The standard InChI is InChI=1S/C24H50O4S.2H3N/c1-3-5-7-9-11-13-15-17-19-21-23-27-29(25,26)28-24-22-20-18-16-14-12-10-8-6-4-2;;/h3-24H2,1-2H3;2*1H3. The van der Waals surface area contributed by atoms with Crippen molar-refractivity contribution in [2.24, 2.45) is 0 Å². The van der Waals surface area contributed by atoms with Crippen molar-refractivity contribution >= 4 is 10.4 Å². The van der Waals surface area contributed by atoms with Crippen LogP contribution in [0.25, 0.3) is 0 Å². The van der Waals surface area contributed by atoms with Gasteiger partial charge in [-0.25, -0.2) is 8.37 Å². The fourth-order valence-corrected chi connectivity index (χ4v) is 4.25. The summed E-state index contributed by atoms with van der Waals surface area (Å²) in [5.74, 6) is 0. The van der Waals surface area contributed by atoms with Gasteiger partial charge >= 0.3 is 10.4 Å². The Kier molecular flexibility index (Phi) is 31.8. The summed E-state index contributed by atoms with van der Waals surface area (Å²) in [6, 6.07) is 0. The third kappa shape index (κ3) is 29.8. The minimum absolute atomic E-state index is 0. The molecule has 0 aliphatic carbocycles. The number of hydrogen-bond donors (Lipinski definition) is 2. The van der Waals surface area contributed by atoms with E-state index < -0.39 is 10.4 Å². The van der Waals surface area contributed by atoms with E-state index in [1.165, 1.54) is 89.9 Å². The molecule has 6 N–H and O–H groups in total. The van der Waals surface area contributed by atoms with Gasteiger partial charge in [0.05, 0.1) is 13.2 Å². The van der Waals surface area contributed by atoms with E-state index in [1.54, 1.807) is 0 Å². The maximum atomic E-state index is 11.7. The first-order valence-electron chi connectivity index (χ1n) is 12.7. The van der Waals surface area contributed by atoms with Crippen molar-refractivity contribution in [3.63, 3.8) is 0 Å². The molecule has 0 saturated heterocycles. The molecule has 0 aromatic rings. The second kappa shape index (κ2) is 27.8. The molecule has 31 heavy (non-hydrogen) atoms. The molecule has 0 aliphatic heterocycles. The van der Waals surface area contributed by atoms with E-state index >= 15 is 0 Å². The summed E-state index contributed by atoms with van der Waals surface area (Å²) in [7, 11) is -3.80. The van der Waals surface area contributed by atoms with Gasteiger partial charge in [-0.2, -0.15) is 8.42 Å². The van der Waals surface area contributed by atoms with Gasteiger partial charge in [0.25, 0.3) is 0 Å². The normalized spacial score (nSPS) is 11.2. The highest BCUT2D eigenvalue weighted by atomic mass is 32.3. The molecule has 192 valence electrons. The molecule has 7 heteroatoms. The molecule has 0 saturated carbocycles. The molecule has 0 radical (unpaired) electrons. The van der Waals surface area contributed by atoms with Gasteiger partial charge in [-0.3, -0.25) is 0 Å². The van der Waals surface area contributed by atoms with Crippen molar-refractivity contribution in [2.45, 2.75) is 142 Å². The van der Waals surface area contributed by atoms with Crippen LogP contribution < -0.4 is 12.3 Å². The Balaban J connectivity index is -0.00000392. The number of unbranched alkanes of at least 4 members (excludes halogenated alkanes) is 18. The summed E-state index contributed by atoms with van der Waals surface area (Å²) in [5, 5.41) is 0. The summed E-state index contributed by atoms with van der Waals surface area (Å²) in [5.41, 5.74) is 0. The highest BCUT2D eigenvalue weighted by molar-refractivity contribution is 7.81. The fraction of sp³-hybridized carbons (Fsp3) is 1.00. The monoisotopic (exact) mass is 468 g/mol. The van der Waals surface area contributed by atoms with Crippen molar-refractivity contribution in [3.05, 3.63) is 0 Å². The lowest BCUT2D eigenvalue weighted by molar-refractivity contribution is 0.208. The van der Waals surface area contributed by atoms with E-state index in [4.69, 9.17) is 8.37 Å². The number of hydrogen-bond acceptors (Lipinski definition) is 6. The smallest absolute Gasteiger partial charge is 0.344 e. The van der Waals surface area contributed by atoms with Gasteiger partial charge in [-0.1, -0.05) is 129 Å². The SMILES string of the molecule is CCCCCCCCCCCCOS(=O)(=O)OCCCCCCCCCCCC.N.N. The Labute approximate surface area is 195 Å². The Hall–Kier alpha value is -0.210. The van der Waals surface area contributed by atoms with Gasteiger partial charge in [-0.15, -0.1) is 0 Å².